The van der Waals surface area contributed by atoms with Crippen LogP contribution in [0.4, 0.5) is 5.95 Å². The number of aromatic nitrogens is 2. The van der Waals surface area contributed by atoms with Gasteiger partial charge < -0.3 is 19.1 Å². The Kier molecular flexibility index (Phi) is 7.47. The number of benzene rings is 2. The Labute approximate surface area is 211 Å². The first-order valence-corrected chi connectivity index (χ1v) is 11.9. The number of carbonyl (C=O) groups is 2. The molecular weight excluding hydrogens is 460 g/mol. The van der Waals surface area contributed by atoms with Gasteiger partial charge >= 0.3 is 0 Å². The number of carbonyl (C=O) groups excluding carboxylic acids is 2. The van der Waals surface area contributed by atoms with E-state index >= 15 is 0 Å². The molecule has 2 aromatic carbocycles. The molecule has 0 radical (unpaired) electrons. The highest BCUT2D eigenvalue weighted by molar-refractivity contribution is 5.94. The Hall–Kier alpha value is -4.01. The third-order valence-corrected chi connectivity index (χ3v) is 6.14. The minimum atomic E-state index is -0.314. The summed E-state index contributed by atoms with van der Waals surface area (Å²) in [5.41, 5.74) is 2.25. The fourth-order valence-corrected chi connectivity index (χ4v) is 3.94. The van der Waals surface area contributed by atoms with Crippen LogP contribution in [0.25, 0.3) is 16.9 Å². The van der Waals surface area contributed by atoms with E-state index in [1.165, 1.54) is 0 Å². The molecule has 0 spiro atoms. The van der Waals surface area contributed by atoms with Crippen molar-refractivity contribution in [1.82, 2.24) is 14.5 Å². The normalized spacial score (nSPS) is 12.8. The van der Waals surface area contributed by atoms with Crippen LogP contribution in [-0.4, -0.2) is 60.2 Å². The van der Waals surface area contributed by atoms with Crippen LogP contribution >= 0.6 is 0 Å². The Balaban J connectivity index is 1.67. The van der Waals surface area contributed by atoms with Gasteiger partial charge in [0, 0.05) is 29.8 Å². The van der Waals surface area contributed by atoms with Crippen molar-refractivity contribution < 1.29 is 23.8 Å². The van der Waals surface area contributed by atoms with Gasteiger partial charge in [-0.2, -0.15) is 0 Å². The highest BCUT2D eigenvalue weighted by atomic mass is 16.5. The quantitative estimate of drug-likeness (QED) is 0.457. The molecule has 1 fully saturated rings. The first-order valence-electron chi connectivity index (χ1n) is 11.9. The molecule has 0 unspecified atom stereocenters. The van der Waals surface area contributed by atoms with Gasteiger partial charge in [-0.1, -0.05) is 0 Å². The summed E-state index contributed by atoms with van der Waals surface area (Å²) in [6.07, 6.45) is 3.62. The Morgan fingerprint density at radius 1 is 1.03 bits per heavy atom. The molecule has 1 N–H and O–H groups in total. The van der Waals surface area contributed by atoms with Crippen LogP contribution in [0, 0.1) is 5.92 Å². The number of hydrogen-bond donors (Lipinski definition) is 1. The fraction of sp³-hybridized carbons (Fsp3) is 0.370. The maximum absolute atomic E-state index is 13.1. The molecule has 1 aliphatic carbocycles. The molecule has 3 aromatic rings. The molecule has 9 heteroatoms. The smallest absolute Gasteiger partial charge is 0.246 e. The third-order valence-electron chi connectivity index (χ3n) is 6.14. The molecule has 36 heavy (non-hydrogen) atoms. The number of amides is 2. The van der Waals surface area contributed by atoms with Crippen LogP contribution < -0.4 is 19.5 Å². The average Bonchev–Trinajstić information content (AvgIpc) is 3.66. The van der Waals surface area contributed by atoms with Crippen molar-refractivity contribution >= 4 is 17.8 Å². The van der Waals surface area contributed by atoms with Gasteiger partial charge in [-0.25, -0.2) is 4.98 Å². The predicted molar refractivity (Wildman–Crippen MR) is 137 cm³/mol. The average molecular weight is 493 g/mol. The lowest BCUT2D eigenvalue weighted by molar-refractivity contribution is -0.137. The maximum Gasteiger partial charge on any atom is 0.246 e. The monoisotopic (exact) mass is 492 g/mol. The number of hydrogen-bond acceptors (Lipinski definition) is 6. The molecule has 9 nitrogen and oxygen atoms in total. The topological polar surface area (TPSA) is 94.9 Å². The molecular formula is C27H32N4O5. The second-order valence-corrected chi connectivity index (χ2v) is 8.97. The number of nitrogens with zero attached hydrogens (tertiary/aromatic N) is 3. The standard InChI is InChI=1S/C27H32N4O5/c1-17(2)30(26(33)19-6-7-19)16-25(32)29-27-28-22(18-8-11-21(34-3)12-9-18)15-31(27)20-10-13-23(35-4)24(14-20)36-5/h8-15,17,19H,6-7,16H2,1-5H3,(H,28,29,32). The molecule has 1 aliphatic rings. The molecule has 0 aliphatic heterocycles. The number of rotatable bonds is 10. The van der Waals surface area contributed by atoms with Crippen molar-refractivity contribution in [3.05, 3.63) is 48.7 Å². The lowest BCUT2D eigenvalue weighted by Gasteiger charge is -2.26. The Bertz CT molecular complexity index is 1230. The van der Waals surface area contributed by atoms with Crippen LogP contribution in [0.1, 0.15) is 26.7 Å². The molecule has 1 heterocycles. The zero-order valence-electron chi connectivity index (χ0n) is 21.3. The summed E-state index contributed by atoms with van der Waals surface area (Å²) in [5.74, 6) is 1.96. The van der Waals surface area contributed by atoms with Crippen LogP contribution in [-0.2, 0) is 9.59 Å². The first kappa shape index (κ1) is 25.1. The number of anilines is 1. The van der Waals surface area contributed by atoms with E-state index < -0.39 is 0 Å². The Morgan fingerprint density at radius 2 is 1.72 bits per heavy atom. The summed E-state index contributed by atoms with van der Waals surface area (Å²) in [5, 5.41) is 2.91. The Morgan fingerprint density at radius 3 is 2.31 bits per heavy atom. The van der Waals surface area contributed by atoms with E-state index in [1.807, 2.05) is 56.4 Å². The van der Waals surface area contributed by atoms with Crippen molar-refractivity contribution in [2.75, 3.05) is 33.2 Å². The minimum Gasteiger partial charge on any atom is -0.497 e. The number of ether oxygens (including phenoxy) is 3. The lowest BCUT2D eigenvalue weighted by atomic mass is 10.1. The van der Waals surface area contributed by atoms with Crippen molar-refractivity contribution in [3.8, 4) is 34.2 Å². The summed E-state index contributed by atoms with van der Waals surface area (Å²) >= 11 is 0. The number of nitrogens with one attached hydrogen (secondary N) is 1. The molecule has 190 valence electrons. The molecule has 1 saturated carbocycles. The van der Waals surface area contributed by atoms with Gasteiger partial charge in [0.1, 0.15) is 12.3 Å². The summed E-state index contributed by atoms with van der Waals surface area (Å²) in [6, 6.07) is 12.9. The van der Waals surface area contributed by atoms with Gasteiger partial charge in [-0.15, -0.1) is 0 Å². The zero-order valence-corrected chi connectivity index (χ0v) is 21.3. The number of methoxy groups -OCH3 is 3. The van der Waals surface area contributed by atoms with Crippen molar-refractivity contribution in [2.45, 2.75) is 32.7 Å². The fourth-order valence-electron chi connectivity index (χ4n) is 3.94. The van der Waals surface area contributed by atoms with E-state index in [0.29, 0.717) is 23.1 Å². The van der Waals surface area contributed by atoms with Crippen LogP contribution in [0.3, 0.4) is 0 Å². The summed E-state index contributed by atoms with van der Waals surface area (Å²) in [7, 11) is 4.76. The SMILES string of the molecule is COc1ccc(-c2cn(-c3ccc(OC)c(OC)c3)c(NC(=O)CN(C(=O)C3CC3)C(C)C)n2)cc1. The second-order valence-electron chi connectivity index (χ2n) is 8.97. The molecule has 0 saturated heterocycles. The summed E-state index contributed by atoms with van der Waals surface area (Å²) in [4.78, 5) is 32.1. The zero-order chi connectivity index (χ0) is 25.8. The molecule has 2 amide bonds. The number of imidazole rings is 1. The van der Waals surface area contributed by atoms with E-state index in [-0.39, 0.29) is 30.3 Å². The van der Waals surface area contributed by atoms with E-state index in [0.717, 1.165) is 29.8 Å². The molecule has 0 atom stereocenters. The van der Waals surface area contributed by atoms with Crippen molar-refractivity contribution in [3.63, 3.8) is 0 Å². The van der Waals surface area contributed by atoms with Crippen LogP contribution in [0.5, 0.6) is 17.2 Å². The van der Waals surface area contributed by atoms with E-state index in [1.54, 1.807) is 36.9 Å². The highest BCUT2D eigenvalue weighted by Crippen LogP contribution is 2.33. The summed E-state index contributed by atoms with van der Waals surface area (Å²) in [6.45, 7) is 3.80. The van der Waals surface area contributed by atoms with Gasteiger partial charge in [0.2, 0.25) is 17.8 Å². The van der Waals surface area contributed by atoms with E-state index in [4.69, 9.17) is 19.2 Å². The largest absolute Gasteiger partial charge is 0.497 e. The van der Waals surface area contributed by atoms with Gasteiger partial charge in [-0.3, -0.25) is 19.5 Å². The van der Waals surface area contributed by atoms with E-state index in [2.05, 4.69) is 5.32 Å². The van der Waals surface area contributed by atoms with Crippen LogP contribution in [0.2, 0.25) is 0 Å². The second kappa shape index (κ2) is 10.7. The lowest BCUT2D eigenvalue weighted by Crippen LogP contribution is -2.43. The molecule has 4 rings (SSSR count). The first-order chi connectivity index (χ1) is 17.3. The van der Waals surface area contributed by atoms with Gasteiger partial charge in [-0.05, 0) is 63.1 Å². The van der Waals surface area contributed by atoms with E-state index in [9.17, 15) is 9.59 Å². The summed E-state index contributed by atoms with van der Waals surface area (Å²) < 4.78 is 17.9. The maximum atomic E-state index is 13.1. The van der Waals surface area contributed by atoms with Crippen molar-refractivity contribution in [2.24, 2.45) is 5.92 Å². The van der Waals surface area contributed by atoms with Gasteiger partial charge in [0.05, 0.1) is 32.7 Å². The third kappa shape index (κ3) is 5.45. The van der Waals surface area contributed by atoms with Gasteiger partial charge in [0.25, 0.3) is 0 Å². The van der Waals surface area contributed by atoms with Crippen LogP contribution in [0.15, 0.2) is 48.7 Å². The minimum absolute atomic E-state index is 0.0299. The predicted octanol–water partition coefficient (Wildman–Crippen LogP) is 4.15. The van der Waals surface area contributed by atoms with Crippen molar-refractivity contribution in [1.29, 1.82) is 0 Å². The molecule has 0 bridgehead atoms. The highest BCUT2D eigenvalue weighted by Gasteiger charge is 2.35. The molecule has 1 aromatic heterocycles. The van der Waals surface area contributed by atoms with Gasteiger partial charge in [0.15, 0.2) is 11.5 Å².